The van der Waals surface area contributed by atoms with E-state index in [1.54, 1.807) is 18.2 Å². The average Bonchev–Trinajstić information content (AvgIpc) is 2.48. The van der Waals surface area contributed by atoms with Crippen molar-refractivity contribution in [3.8, 4) is 0 Å². The zero-order chi connectivity index (χ0) is 17.0. The van der Waals surface area contributed by atoms with Gasteiger partial charge in [0.25, 0.3) is 10.0 Å². The molecule has 2 N–H and O–H groups in total. The number of anilines is 1. The molecule has 0 fully saturated rings. The molecule has 6 heteroatoms. The Balaban J connectivity index is 2.17. The van der Waals surface area contributed by atoms with Gasteiger partial charge in [-0.1, -0.05) is 29.8 Å². The first kappa shape index (κ1) is 17.0. The summed E-state index contributed by atoms with van der Waals surface area (Å²) in [6, 6.07) is 12.0. The van der Waals surface area contributed by atoms with Gasteiger partial charge in [-0.3, -0.25) is 9.52 Å². The Kier molecular flexibility index (Phi) is 5.05. The Morgan fingerprint density at radius 3 is 2.26 bits per heavy atom. The molecule has 0 radical (unpaired) electrons. The fourth-order valence-electron chi connectivity index (χ4n) is 2.14. The summed E-state index contributed by atoms with van der Waals surface area (Å²) < 4.78 is 27.5. The van der Waals surface area contributed by atoms with E-state index in [0.717, 1.165) is 16.7 Å². The average molecular weight is 332 g/mol. The van der Waals surface area contributed by atoms with Crippen molar-refractivity contribution in [2.45, 2.75) is 32.2 Å². The molecule has 0 aromatic heterocycles. The first-order valence-electron chi connectivity index (χ1n) is 7.21. The molecule has 0 atom stereocenters. The molecule has 0 heterocycles. The van der Waals surface area contributed by atoms with Gasteiger partial charge < -0.3 is 5.32 Å². The van der Waals surface area contributed by atoms with E-state index >= 15 is 0 Å². The van der Waals surface area contributed by atoms with Crippen molar-refractivity contribution in [1.82, 2.24) is 5.32 Å². The van der Waals surface area contributed by atoms with Crippen LogP contribution in [0.15, 0.2) is 47.4 Å². The monoisotopic (exact) mass is 332 g/mol. The smallest absolute Gasteiger partial charge is 0.261 e. The van der Waals surface area contributed by atoms with Crippen molar-refractivity contribution in [1.29, 1.82) is 0 Å². The maximum atomic E-state index is 12.4. The van der Waals surface area contributed by atoms with Gasteiger partial charge in [-0.15, -0.1) is 0 Å². The predicted octanol–water partition coefficient (Wildman–Crippen LogP) is 2.74. The van der Waals surface area contributed by atoms with E-state index in [2.05, 4.69) is 10.0 Å². The normalized spacial score (nSPS) is 11.1. The number of carbonyl (C=O) groups excluding carboxylic acids is 1. The van der Waals surface area contributed by atoms with Crippen LogP contribution in [0, 0.1) is 13.8 Å². The van der Waals surface area contributed by atoms with Crippen LogP contribution in [0.2, 0.25) is 0 Å². The quantitative estimate of drug-likeness (QED) is 0.884. The van der Waals surface area contributed by atoms with E-state index in [1.165, 1.54) is 19.1 Å². The van der Waals surface area contributed by atoms with Gasteiger partial charge >= 0.3 is 0 Å². The zero-order valence-corrected chi connectivity index (χ0v) is 14.2. The van der Waals surface area contributed by atoms with Crippen LogP contribution in [-0.2, 0) is 21.4 Å². The highest BCUT2D eigenvalue weighted by atomic mass is 32.2. The molecule has 0 aliphatic heterocycles. The minimum absolute atomic E-state index is 0.127. The second kappa shape index (κ2) is 6.83. The summed E-state index contributed by atoms with van der Waals surface area (Å²) in [5.41, 5.74) is 3.35. The van der Waals surface area contributed by atoms with Crippen molar-refractivity contribution < 1.29 is 13.2 Å². The molecule has 122 valence electrons. The maximum Gasteiger partial charge on any atom is 0.261 e. The van der Waals surface area contributed by atoms with E-state index in [-0.39, 0.29) is 10.8 Å². The van der Waals surface area contributed by atoms with Crippen LogP contribution in [0.3, 0.4) is 0 Å². The van der Waals surface area contributed by atoms with Gasteiger partial charge in [0.1, 0.15) is 0 Å². The van der Waals surface area contributed by atoms with Gasteiger partial charge in [0.15, 0.2) is 0 Å². The minimum Gasteiger partial charge on any atom is -0.352 e. The SMILES string of the molecule is CC(=O)NCc1ccc(S(=O)(=O)Nc2ccc(C)cc2C)cc1. The number of amides is 1. The van der Waals surface area contributed by atoms with Crippen LogP contribution in [0.25, 0.3) is 0 Å². The highest BCUT2D eigenvalue weighted by Gasteiger charge is 2.15. The van der Waals surface area contributed by atoms with Crippen LogP contribution >= 0.6 is 0 Å². The summed E-state index contributed by atoms with van der Waals surface area (Å²) in [5, 5.41) is 2.67. The predicted molar refractivity (Wildman–Crippen MR) is 90.7 cm³/mol. The Morgan fingerprint density at radius 1 is 1.04 bits per heavy atom. The van der Waals surface area contributed by atoms with Gasteiger partial charge in [0.05, 0.1) is 10.6 Å². The fraction of sp³-hybridized carbons (Fsp3) is 0.235. The van der Waals surface area contributed by atoms with Crippen LogP contribution in [0.4, 0.5) is 5.69 Å². The molecule has 0 unspecified atom stereocenters. The largest absolute Gasteiger partial charge is 0.352 e. The third kappa shape index (κ3) is 4.56. The van der Waals surface area contributed by atoms with Crippen LogP contribution in [0.5, 0.6) is 0 Å². The standard InChI is InChI=1S/C17H20N2O3S/c1-12-4-9-17(13(2)10-12)19-23(21,22)16-7-5-15(6-8-16)11-18-14(3)20/h4-10,19H,11H2,1-3H3,(H,18,20). The lowest BCUT2D eigenvalue weighted by Gasteiger charge is -2.11. The number of aryl methyl sites for hydroxylation is 2. The number of sulfonamides is 1. The van der Waals surface area contributed by atoms with Crippen LogP contribution < -0.4 is 10.0 Å². The molecule has 0 saturated carbocycles. The first-order valence-corrected chi connectivity index (χ1v) is 8.70. The lowest BCUT2D eigenvalue weighted by molar-refractivity contribution is -0.119. The van der Waals surface area contributed by atoms with Gasteiger partial charge in [-0.05, 0) is 43.2 Å². The van der Waals surface area contributed by atoms with E-state index in [9.17, 15) is 13.2 Å². The van der Waals surface area contributed by atoms with Gasteiger partial charge in [0.2, 0.25) is 5.91 Å². The molecule has 2 aromatic carbocycles. The van der Waals surface area contributed by atoms with Crippen molar-refractivity contribution >= 4 is 21.6 Å². The molecule has 0 aliphatic rings. The topological polar surface area (TPSA) is 75.3 Å². The molecule has 5 nitrogen and oxygen atoms in total. The van der Waals surface area contributed by atoms with Crippen molar-refractivity contribution in [3.05, 3.63) is 59.2 Å². The molecule has 0 aliphatic carbocycles. The van der Waals surface area contributed by atoms with Crippen molar-refractivity contribution in [2.24, 2.45) is 0 Å². The van der Waals surface area contributed by atoms with E-state index < -0.39 is 10.0 Å². The summed E-state index contributed by atoms with van der Waals surface area (Å²) in [5.74, 6) is -0.127. The van der Waals surface area contributed by atoms with Crippen molar-refractivity contribution in [2.75, 3.05) is 4.72 Å². The van der Waals surface area contributed by atoms with Crippen molar-refractivity contribution in [3.63, 3.8) is 0 Å². The fourth-order valence-corrected chi connectivity index (χ4v) is 3.28. The molecule has 23 heavy (non-hydrogen) atoms. The summed E-state index contributed by atoms with van der Waals surface area (Å²) in [6.45, 7) is 5.63. The molecular weight excluding hydrogens is 312 g/mol. The summed E-state index contributed by atoms with van der Waals surface area (Å²) >= 11 is 0. The molecule has 0 saturated heterocycles. The minimum atomic E-state index is -3.63. The molecule has 1 amide bonds. The van der Waals surface area contributed by atoms with E-state index in [1.807, 2.05) is 26.0 Å². The Morgan fingerprint density at radius 2 is 1.70 bits per heavy atom. The number of hydrogen-bond acceptors (Lipinski definition) is 3. The number of benzene rings is 2. The van der Waals surface area contributed by atoms with Crippen LogP contribution in [-0.4, -0.2) is 14.3 Å². The number of hydrogen-bond donors (Lipinski definition) is 2. The first-order chi connectivity index (χ1) is 10.8. The Hall–Kier alpha value is -2.34. The molecule has 2 aromatic rings. The second-order valence-corrected chi connectivity index (χ2v) is 7.16. The summed E-state index contributed by atoms with van der Waals surface area (Å²) in [6.07, 6.45) is 0. The highest BCUT2D eigenvalue weighted by molar-refractivity contribution is 7.92. The van der Waals surface area contributed by atoms with Crippen LogP contribution in [0.1, 0.15) is 23.6 Å². The summed E-state index contributed by atoms with van der Waals surface area (Å²) in [4.78, 5) is 11.1. The third-order valence-electron chi connectivity index (χ3n) is 3.40. The van der Waals surface area contributed by atoms with Gasteiger partial charge in [-0.25, -0.2) is 8.42 Å². The van der Waals surface area contributed by atoms with E-state index in [0.29, 0.717) is 12.2 Å². The van der Waals surface area contributed by atoms with Gasteiger partial charge in [0, 0.05) is 13.5 Å². The lowest BCUT2D eigenvalue weighted by atomic mass is 10.1. The Bertz CT molecular complexity index is 812. The molecule has 0 bridgehead atoms. The molecule has 2 rings (SSSR count). The maximum absolute atomic E-state index is 12.4. The number of nitrogens with one attached hydrogen (secondary N) is 2. The second-order valence-electron chi connectivity index (χ2n) is 5.48. The summed E-state index contributed by atoms with van der Waals surface area (Å²) in [7, 11) is -3.63. The Labute approximate surface area is 136 Å². The lowest BCUT2D eigenvalue weighted by Crippen LogP contribution is -2.19. The molecule has 0 spiro atoms. The number of carbonyl (C=O) groups is 1. The molecular formula is C17H20N2O3S. The zero-order valence-electron chi connectivity index (χ0n) is 13.4. The van der Waals surface area contributed by atoms with Gasteiger partial charge in [-0.2, -0.15) is 0 Å². The highest BCUT2D eigenvalue weighted by Crippen LogP contribution is 2.21. The number of rotatable bonds is 5. The van der Waals surface area contributed by atoms with E-state index in [4.69, 9.17) is 0 Å². The third-order valence-corrected chi connectivity index (χ3v) is 4.78.